The van der Waals surface area contributed by atoms with Crippen LogP contribution in [0.2, 0.25) is 0 Å². The molecule has 0 unspecified atom stereocenters. The van der Waals surface area contributed by atoms with Crippen LogP contribution in [0.5, 0.6) is 0 Å². The van der Waals surface area contributed by atoms with E-state index >= 15 is 0 Å². The summed E-state index contributed by atoms with van der Waals surface area (Å²) in [5.74, 6) is -1.12. The SMILES string of the molecule is O=C(c1ccc2c(c1)nc(-c1cccc3ccccc13)n2Cc1ccc(F)c(F)c1)N1CCOCC1. The van der Waals surface area contributed by atoms with Gasteiger partial charge >= 0.3 is 0 Å². The van der Waals surface area contributed by atoms with Crippen molar-refractivity contribution in [2.45, 2.75) is 6.54 Å². The monoisotopic (exact) mass is 483 g/mol. The summed E-state index contributed by atoms with van der Waals surface area (Å²) in [6.45, 7) is 2.47. The second-order valence-corrected chi connectivity index (χ2v) is 8.90. The summed E-state index contributed by atoms with van der Waals surface area (Å²) < 4.78 is 35.0. The first-order valence-electron chi connectivity index (χ1n) is 11.9. The first-order valence-corrected chi connectivity index (χ1v) is 11.9. The number of benzene rings is 4. The van der Waals surface area contributed by atoms with Crippen molar-refractivity contribution in [1.29, 1.82) is 0 Å². The van der Waals surface area contributed by atoms with E-state index in [0.717, 1.165) is 27.9 Å². The van der Waals surface area contributed by atoms with E-state index in [1.165, 1.54) is 6.07 Å². The molecule has 0 bridgehead atoms. The summed E-state index contributed by atoms with van der Waals surface area (Å²) in [4.78, 5) is 19.8. The minimum Gasteiger partial charge on any atom is -0.378 e. The molecule has 0 saturated carbocycles. The van der Waals surface area contributed by atoms with Crippen LogP contribution < -0.4 is 0 Å². The lowest BCUT2D eigenvalue weighted by atomic mass is 10.0. The minimum atomic E-state index is -0.887. The number of rotatable bonds is 4. The van der Waals surface area contributed by atoms with Crippen LogP contribution in [0.15, 0.2) is 78.9 Å². The number of hydrogen-bond donors (Lipinski definition) is 0. The Hall–Kier alpha value is -4.10. The second-order valence-electron chi connectivity index (χ2n) is 8.90. The third-order valence-electron chi connectivity index (χ3n) is 6.65. The van der Waals surface area contributed by atoms with Crippen molar-refractivity contribution >= 4 is 27.7 Å². The summed E-state index contributed by atoms with van der Waals surface area (Å²) in [6.07, 6.45) is 0. The van der Waals surface area contributed by atoms with Crippen molar-refractivity contribution in [1.82, 2.24) is 14.5 Å². The van der Waals surface area contributed by atoms with Crippen LogP contribution in [-0.4, -0.2) is 46.7 Å². The van der Waals surface area contributed by atoms with Gasteiger partial charge in [0, 0.05) is 30.8 Å². The average molecular weight is 484 g/mol. The number of morpholine rings is 1. The molecule has 0 aliphatic carbocycles. The van der Waals surface area contributed by atoms with Crippen molar-refractivity contribution in [3.05, 3.63) is 102 Å². The van der Waals surface area contributed by atoms with E-state index in [1.807, 2.05) is 59.2 Å². The van der Waals surface area contributed by atoms with Crippen LogP contribution in [0.1, 0.15) is 15.9 Å². The molecule has 1 amide bonds. The number of fused-ring (bicyclic) bond motifs is 2. The molecule has 1 aliphatic heterocycles. The zero-order valence-electron chi connectivity index (χ0n) is 19.5. The van der Waals surface area contributed by atoms with Gasteiger partial charge in [0.15, 0.2) is 11.6 Å². The van der Waals surface area contributed by atoms with Crippen LogP contribution in [0.4, 0.5) is 8.78 Å². The topological polar surface area (TPSA) is 47.4 Å². The number of imidazole rings is 1. The summed E-state index contributed by atoms with van der Waals surface area (Å²) in [5, 5.41) is 2.11. The second kappa shape index (κ2) is 9.17. The van der Waals surface area contributed by atoms with Crippen LogP contribution in [0.25, 0.3) is 33.2 Å². The average Bonchev–Trinajstić information content (AvgIpc) is 3.27. The summed E-state index contributed by atoms with van der Waals surface area (Å²) in [6, 6.07) is 23.5. The van der Waals surface area contributed by atoms with Crippen molar-refractivity contribution in [3.8, 4) is 11.4 Å². The van der Waals surface area contributed by atoms with Gasteiger partial charge in [0.2, 0.25) is 0 Å². The normalized spacial score (nSPS) is 14.0. The highest BCUT2D eigenvalue weighted by Crippen LogP contribution is 2.32. The Morgan fingerprint density at radius 3 is 2.53 bits per heavy atom. The highest BCUT2D eigenvalue weighted by Gasteiger charge is 2.21. The molecule has 7 heteroatoms. The molecule has 1 fully saturated rings. The number of amides is 1. The standard InChI is InChI=1S/C29H23F2N3O2/c30-24-10-8-19(16-25(24)31)18-34-27-11-9-21(29(35)33-12-14-36-15-13-33)17-26(27)32-28(34)23-7-3-5-20-4-1-2-6-22(20)23/h1-11,16-17H,12-15,18H2. The lowest BCUT2D eigenvalue weighted by Crippen LogP contribution is -2.40. The molecule has 1 saturated heterocycles. The molecule has 2 heterocycles. The Morgan fingerprint density at radius 1 is 0.889 bits per heavy atom. The van der Waals surface area contributed by atoms with Crippen LogP contribution in [-0.2, 0) is 11.3 Å². The molecule has 36 heavy (non-hydrogen) atoms. The number of carbonyl (C=O) groups excluding carboxylic acids is 1. The lowest BCUT2D eigenvalue weighted by Gasteiger charge is -2.26. The van der Waals surface area contributed by atoms with Gasteiger partial charge in [0.05, 0.1) is 24.2 Å². The number of carbonyl (C=O) groups is 1. The fourth-order valence-electron chi connectivity index (χ4n) is 4.82. The number of ether oxygens (including phenoxy) is 1. The molecule has 1 aromatic heterocycles. The highest BCUT2D eigenvalue weighted by atomic mass is 19.2. The molecule has 6 rings (SSSR count). The maximum atomic E-state index is 14.0. The quantitative estimate of drug-likeness (QED) is 0.332. The van der Waals surface area contributed by atoms with Gasteiger partial charge < -0.3 is 14.2 Å². The van der Waals surface area contributed by atoms with Gasteiger partial charge in [-0.2, -0.15) is 0 Å². The van der Waals surface area contributed by atoms with E-state index in [-0.39, 0.29) is 5.91 Å². The van der Waals surface area contributed by atoms with Crippen LogP contribution in [0.3, 0.4) is 0 Å². The van der Waals surface area contributed by atoms with E-state index < -0.39 is 11.6 Å². The lowest BCUT2D eigenvalue weighted by molar-refractivity contribution is 0.0303. The molecule has 5 aromatic rings. The van der Waals surface area contributed by atoms with E-state index in [1.54, 1.807) is 17.0 Å². The van der Waals surface area contributed by atoms with Crippen LogP contribution >= 0.6 is 0 Å². The first kappa shape index (κ1) is 22.4. The van der Waals surface area contributed by atoms with Gasteiger partial charge in [-0.3, -0.25) is 4.79 Å². The molecule has 4 aromatic carbocycles. The van der Waals surface area contributed by atoms with Gasteiger partial charge in [-0.15, -0.1) is 0 Å². The van der Waals surface area contributed by atoms with Gasteiger partial charge in [-0.25, -0.2) is 13.8 Å². The predicted molar refractivity (Wildman–Crippen MR) is 135 cm³/mol. The highest BCUT2D eigenvalue weighted by molar-refractivity contribution is 6.00. The number of nitrogens with zero attached hydrogens (tertiary/aromatic N) is 3. The Balaban J connectivity index is 1.51. The van der Waals surface area contributed by atoms with Crippen molar-refractivity contribution < 1.29 is 18.3 Å². The molecule has 0 radical (unpaired) electrons. The number of aromatic nitrogens is 2. The van der Waals surface area contributed by atoms with Crippen LogP contribution in [0, 0.1) is 11.6 Å². The maximum Gasteiger partial charge on any atom is 0.254 e. The molecule has 0 N–H and O–H groups in total. The maximum absolute atomic E-state index is 14.0. The van der Waals surface area contributed by atoms with Gasteiger partial charge in [0.25, 0.3) is 5.91 Å². The molecule has 0 atom stereocenters. The molecular weight excluding hydrogens is 460 g/mol. The van der Waals surface area contributed by atoms with E-state index in [9.17, 15) is 13.6 Å². The number of hydrogen-bond acceptors (Lipinski definition) is 3. The summed E-state index contributed by atoms with van der Waals surface area (Å²) >= 11 is 0. The molecule has 0 spiro atoms. The summed E-state index contributed by atoms with van der Waals surface area (Å²) in [7, 11) is 0. The Bertz CT molecular complexity index is 1600. The van der Waals surface area contributed by atoms with Gasteiger partial charge in [-0.05, 0) is 46.7 Å². The zero-order chi connectivity index (χ0) is 24.6. The van der Waals surface area contributed by atoms with Gasteiger partial charge in [-0.1, -0.05) is 48.5 Å². The van der Waals surface area contributed by atoms with E-state index in [2.05, 4.69) is 0 Å². The fourth-order valence-corrected chi connectivity index (χ4v) is 4.82. The Kier molecular flexibility index (Phi) is 5.70. The Morgan fingerprint density at radius 2 is 1.69 bits per heavy atom. The molecular formula is C29H23F2N3O2. The van der Waals surface area contributed by atoms with Crippen molar-refractivity contribution in [3.63, 3.8) is 0 Å². The fraction of sp³-hybridized carbons (Fsp3) is 0.172. The van der Waals surface area contributed by atoms with E-state index in [0.29, 0.717) is 55.3 Å². The Labute approximate surface area is 206 Å². The molecule has 5 nitrogen and oxygen atoms in total. The van der Waals surface area contributed by atoms with Crippen molar-refractivity contribution in [2.24, 2.45) is 0 Å². The minimum absolute atomic E-state index is 0.0536. The zero-order valence-corrected chi connectivity index (χ0v) is 19.5. The van der Waals surface area contributed by atoms with E-state index in [4.69, 9.17) is 9.72 Å². The molecule has 1 aliphatic rings. The largest absolute Gasteiger partial charge is 0.378 e. The number of halogens is 2. The third kappa shape index (κ3) is 4.01. The third-order valence-corrected chi connectivity index (χ3v) is 6.65. The van der Waals surface area contributed by atoms with Crippen molar-refractivity contribution in [2.75, 3.05) is 26.3 Å². The molecule has 180 valence electrons. The smallest absolute Gasteiger partial charge is 0.254 e. The predicted octanol–water partition coefficient (Wildman–Crippen LogP) is 5.66. The summed E-state index contributed by atoms with van der Waals surface area (Å²) in [5.41, 5.74) is 3.57. The van der Waals surface area contributed by atoms with Gasteiger partial charge in [0.1, 0.15) is 5.82 Å². The first-order chi connectivity index (χ1) is 17.6.